The minimum atomic E-state index is -0.494. The molecule has 0 radical (unpaired) electrons. The zero-order valence-corrected chi connectivity index (χ0v) is 17.6. The third kappa shape index (κ3) is 4.49. The van der Waals surface area contributed by atoms with Crippen LogP contribution in [0.3, 0.4) is 0 Å². The monoisotopic (exact) mass is 430 g/mol. The van der Waals surface area contributed by atoms with Crippen molar-refractivity contribution in [3.63, 3.8) is 0 Å². The number of urea groups is 1. The molecular formula is C23H18N4O3S. The van der Waals surface area contributed by atoms with E-state index in [1.807, 2.05) is 12.1 Å². The first-order valence-electron chi connectivity index (χ1n) is 9.45. The molecule has 31 heavy (non-hydrogen) atoms. The van der Waals surface area contributed by atoms with Crippen LogP contribution in [-0.2, 0) is 0 Å². The molecule has 2 amide bonds. The molecule has 0 saturated heterocycles. The van der Waals surface area contributed by atoms with Gasteiger partial charge in [0.25, 0.3) is 0 Å². The van der Waals surface area contributed by atoms with Gasteiger partial charge in [0.1, 0.15) is 5.82 Å². The molecule has 0 aliphatic carbocycles. The predicted octanol–water partition coefficient (Wildman–Crippen LogP) is 5.41. The first-order valence-corrected chi connectivity index (χ1v) is 10.3. The quantitative estimate of drug-likeness (QED) is 0.412. The maximum absolute atomic E-state index is 12.7. The van der Waals surface area contributed by atoms with E-state index in [4.69, 9.17) is 0 Å². The van der Waals surface area contributed by atoms with Crippen LogP contribution in [-0.4, -0.2) is 27.6 Å². The van der Waals surface area contributed by atoms with Crippen molar-refractivity contribution in [2.24, 2.45) is 0 Å². The smallest absolute Gasteiger partial charge is 0.308 e. The van der Waals surface area contributed by atoms with Gasteiger partial charge in [0, 0.05) is 39.5 Å². The second kappa shape index (κ2) is 8.45. The van der Waals surface area contributed by atoms with Gasteiger partial charge in [0.15, 0.2) is 11.6 Å². The van der Waals surface area contributed by atoms with Crippen molar-refractivity contribution in [1.82, 2.24) is 9.97 Å². The largest absolute Gasteiger partial charge is 0.324 e. The van der Waals surface area contributed by atoms with E-state index in [0.29, 0.717) is 33.0 Å². The van der Waals surface area contributed by atoms with Gasteiger partial charge >= 0.3 is 6.03 Å². The number of hydrogen-bond donors (Lipinski definition) is 2. The van der Waals surface area contributed by atoms with Crippen LogP contribution in [0.2, 0.25) is 0 Å². The third-order valence-corrected chi connectivity index (χ3v) is 5.81. The Morgan fingerprint density at radius 1 is 0.935 bits per heavy atom. The van der Waals surface area contributed by atoms with Crippen molar-refractivity contribution in [2.45, 2.75) is 13.8 Å². The second-order valence-electron chi connectivity index (χ2n) is 6.89. The van der Waals surface area contributed by atoms with E-state index in [-0.39, 0.29) is 11.6 Å². The molecule has 4 rings (SSSR count). The first-order chi connectivity index (χ1) is 14.9. The van der Waals surface area contributed by atoms with E-state index < -0.39 is 6.03 Å². The SMILES string of the molecule is CC(=O)c1cccc(NC(=O)Nc2nc3ccncc3cc2-c2ccc(C(C)=O)s2)c1. The Labute approximate surface area is 182 Å². The number of ketones is 2. The van der Waals surface area contributed by atoms with Crippen LogP contribution in [0.15, 0.2) is 60.9 Å². The van der Waals surface area contributed by atoms with Gasteiger partial charge in [0.05, 0.1) is 10.4 Å². The fourth-order valence-corrected chi connectivity index (χ4v) is 3.98. The molecule has 0 fully saturated rings. The predicted molar refractivity (Wildman–Crippen MR) is 122 cm³/mol. The number of thiophene rings is 1. The first kappa shape index (κ1) is 20.4. The molecule has 4 aromatic rings. The Morgan fingerprint density at radius 3 is 2.52 bits per heavy atom. The number of pyridine rings is 2. The highest BCUT2D eigenvalue weighted by atomic mass is 32.1. The highest BCUT2D eigenvalue weighted by molar-refractivity contribution is 7.17. The van der Waals surface area contributed by atoms with Gasteiger partial charge in [-0.15, -0.1) is 11.3 Å². The van der Waals surface area contributed by atoms with Gasteiger partial charge in [-0.05, 0) is 50.2 Å². The molecule has 3 heterocycles. The molecule has 7 nitrogen and oxygen atoms in total. The lowest BCUT2D eigenvalue weighted by Gasteiger charge is -2.12. The lowest BCUT2D eigenvalue weighted by Crippen LogP contribution is -2.20. The van der Waals surface area contributed by atoms with Gasteiger partial charge in [-0.1, -0.05) is 12.1 Å². The molecular weight excluding hydrogens is 412 g/mol. The standard InChI is InChI=1S/C23H18N4O3S/c1-13(28)15-4-3-5-17(10-15)25-23(30)27-22-18(21-7-6-20(31-21)14(2)29)11-16-12-24-9-8-19(16)26-22/h3-12H,1-2H3,(H2,25,26,27,30). The van der Waals surface area contributed by atoms with Crippen molar-refractivity contribution in [3.8, 4) is 10.4 Å². The Kier molecular flexibility index (Phi) is 5.55. The molecule has 0 atom stereocenters. The van der Waals surface area contributed by atoms with Crippen LogP contribution in [0.4, 0.5) is 16.3 Å². The Morgan fingerprint density at radius 2 is 1.77 bits per heavy atom. The number of aromatic nitrogens is 2. The molecule has 3 aromatic heterocycles. The number of carbonyl (C=O) groups excluding carboxylic acids is 3. The van der Waals surface area contributed by atoms with Crippen LogP contribution in [0, 0.1) is 0 Å². The third-order valence-electron chi connectivity index (χ3n) is 4.59. The number of rotatable bonds is 5. The molecule has 1 aromatic carbocycles. The van der Waals surface area contributed by atoms with Gasteiger partial charge in [-0.3, -0.25) is 19.9 Å². The number of amides is 2. The molecule has 0 aliphatic heterocycles. The summed E-state index contributed by atoms with van der Waals surface area (Å²) in [5, 5.41) is 6.34. The molecule has 0 bridgehead atoms. The summed E-state index contributed by atoms with van der Waals surface area (Å²) in [4.78, 5) is 46.1. The zero-order chi connectivity index (χ0) is 22.0. The summed E-state index contributed by atoms with van der Waals surface area (Å²) in [5.74, 6) is 0.246. The molecule has 0 spiro atoms. The summed E-state index contributed by atoms with van der Waals surface area (Å²) in [7, 11) is 0. The number of nitrogens with one attached hydrogen (secondary N) is 2. The van der Waals surface area contributed by atoms with Crippen molar-refractivity contribution in [2.75, 3.05) is 10.6 Å². The number of fused-ring (bicyclic) bond motifs is 1. The summed E-state index contributed by atoms with van der Waals surface area (Å²) in [6.45, 7) is 2.98. The van der Waals surface area contributed by atoms with Crippen molar-refractivity contribution < 1.29 is 14.4 Å². The summed E-state index contributed by atoms with van der Waals surface area (Å²) in [5.41, 5.74) is 2.36. The molecule has 8 heteroatoms. The highest BCUT2D eigenvalue weighted by Crippen LogP contribution is 2.35. The van der Waals surface area contributed by atoms with Gasteiger partial charge < -0.3 is 5.32 Å². The number of nitrogens with zero attached hydrogens (tertiary/aromatic N) is 2. The van der Waals surface area contributed by atoms with Gasteiger partial charge in [0.2, 0.25) is 0 Å². The second-order valence-corrected chi connectivity index (χ2v) is 7.97. The Hall–Kier alpha value is -3.91. The van der Waals surface area contributed by atoms with Crippen LogP contribution in [0.25, 0.3) is 21.3 Å². The molecule has 154 valence electrons. The van der Waals surface area contributed by atoms with E-state index in [1.54, 1.807) is 48.8 Å². The maximum atomic E-state index is 12.7. The minimum absolute atomic E-state index is 0.0238. The summed E-state index contributed by atoms with van der Waals surface area (Å²) >= 11 is 1.33. The van der Waals surface area contributed by atoms with E-state index >= 15 is 0 Å². The maximum Gasteiger partial charge on any atom is 0.324 e. The zero-order valence-electron chi connectivity index (χ0n) is 16.8. The molecule has 0 unspecified atom stereocenters. The van der Waals surface area contributed by atoms with E-state index in [1.165, 1.54) is 25.2 Å². The topological polar surface area (TPSA) is 101 Å². The highest BCUT2D eigenvalue weighted by Gasteiger charge is 2.15. The van der Waals surface area contributed by atoms with E-state index in [2.05, 4.69) is 20.6 Å². The van der Waals surface area contributed by atoms with Crippen molar-refractivity contribution in [1.29, 1.82) is 0 Å². The minimum Gasteiger partial charge on any atom is -0.308 e. The number of anilines is 2. The fraction of sp³-hybridized carbons (Fsp3) is 0.0870. The number of hydrogen-bond acceptors (Lipinski definition) is 6. The average Bonchev–Trinajstić information content (AvgIpc) is 3.24. The van der Waals surface area contributed by atoms with E-state index in [0.717, 1.165) is 10.3 Å². The molecule has 2 N–H and O–H groups in total. The average molecular weight is 430 g/mol. The van der Waals surface area contributed by atoms with Crippen LogP contribution in [0.5, 0.6) is 0 Å². The number of Topliss-reactive ketones (excluding diaryl/α,β-unsaturated/α-hetero) is 2. The lowest BCUT2D eigenvalue weighted by atomic mass is 10.1. The summed E-state index contributed by atoms with van der Waals surface area (Å²) in [6.07, 6.45) is 3.33. The molecule has 0 aliphatic rings. The fourth-order valence-electron chi connectivity index (χ4n) is 3.06. The van der Waals surface area contributed by atoms with Crippen molar-refractivity contribution in [3.05, 3.63) is 71.4 Å². The normalized spacial score (nSPS) is 10.6. The van der Waals surface area contributed by atoms with Crippen LogP contribution < -0.4 is 10.6 Å². The number of benzene rings is 1. The Bertz CT molecular complexity index is 1330. The summed E-state index contributed by atoms with van der Waals surface area (Å²) < 4.78 is 0. The van der Waals surface area contributed by atoms with Crippen molar-refractivity contribution >= 4 is 51.3 Å². The number of carbonyl (C=O) groups is 3. The van der Waals surface area contributed by atoms with Crippen LogP contribution in [0.1, 0.15) is 33.9 Å². The van der Waals surface area contributed by atoms with Gasteiger partial charge in [-0.2, -0.15) is 0 Å². The van der Waals surface area contributed by atoms with E-state index in [9.17, 15) is 14.4 Å². The summed E-state index contributed by atoms with van der Waals surface area (Å²) in [6, 6.07) is 13.4. The Balaban J connectivity index is 1.68. The molecule has 0 saturated carbocycles. The van der Waals surface area contributed by atoms with Crippen LogP contribution >= 0.6 is 11.3 Å². The lowest BCUT2D eigenvalue weighted by molar-refractivity contribution is 0.101. The van der Waals surface area contributed by atoms with Gasteiger partial charge in [-0.25, -0.2) is 9.78 Å².